The number of carbonyl (C=O) groups is 1. The van der Waals surface area contributed by atoms with Crippen LogP contribution in [0.1, 0.15) is 36.2 Å². The zero-order chi connectivity index (χ0) is 17.1. The molecule has 1 N–H and O–H groups in total. The highest BCUT2D eigenvalue weighted by atomic mass is 16.3. The number of anilines is 2. The van der Waals surface area contributed by atoms with Crippen LogP contribution in [0.15, 0.2) is 35.1 Å². The maximum atomic E-state index is 12.3. The molecule has 7 heteroatoms. The van der Waals surface area contributed by atoms with Gasteiger partial charge in [0.1, 0.15) is 5.82 Å². The summed E-state index contributed by atoms with van der Waals surface area (Å²) < 4.78 is 5.21. The second-order valence-corrected chi connectivity index (χ2v) is 6.62. The van der Waals surface area contributed by atoms with Gasteiger partial charge in [-0.2, -0.15) is 4.98 Å². The quantitative estimate of drug-likeness (QED) is 0.920. The highest BCUT2D eigenvalue weighted by molar-refractivity contribution is 5.91. The van der Waals surface area contributed by atoms with E-state index in [1.54, 1.807) is 18.3 Å². The Morgan fingerprint density at radius 2 is 1.96 bits per heavy atom. The van der Waals surface area contributed by atoms with E-state index in [2.05, 4.69) is 20.2 Å². The third kappa shape index (κ3) is 3.60. The SMILES string of the molecule is O=C(c1ccco1)N1CCN(c2ccnc(NC3CCCC3)n2)CC1. The molecule has 1 aliphatic carbocycles. The lowest BCUT2D eigenvalue weighted by Crippen LogP contribution is -2.49. The van der Waals surface area contributed by atoms with Gasteiger partial charge in [-0.3, -0.25) is 4.79 Å². The van der Waals surface area contributed by atoms with E-state index >= 15 is 0 Å². The maximum Gasteiger partial charge on any atom is 0.289 e. The van der Waals surface area contributed by atoms with Crippen LogP contribution in [0.3, 0.4) is 0 Å². The van der Waals surface area contributed by atoms with Crippen LogP contribution in [0, 0.1) is 0 Å². The van der Waals surface area contributed by atoms with Gasteiger partial charge in [0.15, 0.2) is 5.76 Å². The molecular formula is C18H23N5O2. The number of hydrogen-bond acceptors (Lipinski definition) is 6. The summed E-state index contributed by atoms with van der Waals surface area (Å²) >= 11 is 0. The van der Waals surface area contributed by atoms with E-state index in [-0.39, 0.29) is 5.91 Å². The molecule has 2 aromatic rings. The van der Waals surface area contributed by atoms with E-state index in [1.807, 2.05) is 11.0 Å². The Labute approximate surface area is 147 Å². The van der Waals surface area contributed by atoms with Crippen molar-refractivity contribution in [1.82, 2.24) is 14.9 Å². The van der Waals surface area contributed by atoms with Crippen molar-refractivity contribution < 1.29 is 9.21 Å². The van der Waals surface area contributed by atoms with E-state index in [0.717, 1.165) is 18.9 Å². The first kappa shape index (κ1) is 15.9. The Morgan fingerprint density at radius 1 is 1.16 bits per heavy atom. The summed E-state index contributed by atoms with van der Waals surface area (Å²) in [5, 5.41) is 3.44. The minimum Gasteiger partial charge on any atom is -0.459 e. The highest BCUT2D eigenvalue weighted by Gasteiger charge is 2.24. The summed E-state index contributed by atoms with van der Waals surface area (Å²) in [4.78, 5) is 25.4. The van der Waals surface area contributed by atoms with Crippen molar-refractivity contribution in [3.8, 4) is 0 Å². The first-order valence-electron chi connectivity index (χ1n) is 8.97. The summed E-state index contributed by atoms with van der Waals surface area (Å²) in [5.74, 6) is 1.98. The molecule has 0 aromatic carbocycles. The number of piperazine rings is 1. The van der Waals surface area contributed by atoms with Gasteiger partial charge in [0.05, 0.1) is 6.26 Å². The largest absolute Gasteiger partial charge is 0.459 e. The van der Waals surface area contributed by atoms with Crippen molar-refractivity contribution in [1.29, 1.82) is 0 Å². The van der Waals surface area contributed by atoms with Crippen LogP contribution in [0.25, 0.3) is 0 Å². The summed E-state index contributed by atoms with van der Waals surface area (Å²) in [5.41, 5.74) is 0. The molecule has 0 unspecified atom stereocenters. The molecule has 132 valence electrons. The number of aromatic nitrogens is 2. The van der Waals surface area contributed by atoms with Gasteiger partial charge in [0, 0.05) is 38.4 Å². The van der Waals surface area contributed by atoms with Gasteiger partial charge < -0.3 is 19.5 Å². The summed E-state index contributed by atoms with van der Waals surface area (Å²) in [6.45, 7) is 2.84. The monoisotopic (exact) mass is 341 g/mol. The van der Waals surface area contributed by atoms with Crippen molar-refractivity contribution in [2.75, 3.05) is 36.4 Å². The van der Waals surface area contributed by atoms with Crippen LogP contribution in [-0.4, -0.2) is 53.0 Å². The van der Waals surface area contributed by atoms with Crippen molar-refractivity contribution in [3.63, 3.8) is 0 Å². The van der Waals surface area contributed by atoms with Gasteiger partial charge >= 0.3 is 0 Å². The Balaban J connectivity index is 1.36. The third-order valence-electron chi connectivity index (χ3n) is 4.95. The number of hydrogen-bond donors (Lipinski definition) is 1. The second kappa shape index (κ2) is 7.13. The van der Waals surface area contributed by atoms with Crippen LogP contribution in [0.4, 0.5) is 11.8 Å². The molecule has 3 heterocycles. The van der Waals surface area contributed by atoms with Crippen molar-refractivity contribution in [2.45, 2.75) is 31.7 Å². The van der Waals surface area contributed by atoms with E-state index in [1.165, 1.54) is 31.9 Å². The molecule has 2 aliphatic rings. The Hall–Kier alpha value is -2.57. The average Bonchev–Trinajstić information content (AvgIpc) is 3.35. The van der Waals surface area contributed by atoms with E-state index in [4.69, 9.17) is 4.42 Å². The zero-order valence-corrected chi connectivity index (χ0v) is 14.2. The van der Waals surface area contributed by atoms with Gasteiger partial charge in [-0.15, -0.1) is 0 Å². The zero-order valence-electron chi connectivity index (χ0n) is 14.2. The summed E-state index contributed by atoms with van der Waals surface area (Å²) in [6, 6.07) is 5.88. The molecule has 1 aliphatic heterocycles. The fraction of sp³-hybridized carbons (Fsp3) is 0.500. The standard InChI is InChI=1S/C18H23N5O2/c24-17(15-6-3-13-25-15)23-11-9-22(10-12-23)16-7-8-19-18(21-16)20-14-4-1-2-5-14/h3,6-8,13-14H,1-2,4-5,9-12H2,(H,19,20,21). The second-order valence-electron chi connectivity index (χ2n) is 6.62. The molecule has 2 fully saturated rings. The fourth-order valence-corrected chi connectivity index (χ4v) is 3.54. The number of amides is 1. The molecule has 1 saturated heterocycles. The molecule has 25 heavy (non-hydrogen) atoms. The molecule has 0 radical (unpaired) electrons. The third-order valence-corrected chi connectivity index (χ3v) is 4.95. The molecule has 2 aromatic heterocycles. The molecule has 0 bridgehead atoms. The van der Waals surface area contributed by atoms with Crippen molar-refractivity contribution in [2.24, 2.45) is 0 Å². The molecule has 0 atom stereocenters. The average molecular weight is 341 g/mol. The molecule has 0 spiro atoms. The van der Waals surface area contributed by atoms with Crippen molar-refractivity contribution in [3.05, 3.63) is 36.4 Å². The van der Waals surface area contributed by atoms with Crippen LogP contribution in [0.2, 0.25) is 0 Å². The van der Waals surface area contributed by atoms with Crippen LogP contribution >= 0.6 is 0 Å². The normalized spacial score (nSPS) is 18.6. The Kier molecular flexibility index (Phi) is 4.54. The van der Waals surface area contributed by atoms with Gasteiger partial charge in [0.25, 0.3) is 5.91 Å². The molecule has 1 saturated carbocycles. The van der Waals surface area contributed by atoms with E-state index in [9.17, 15) is 4.79 Å². The van der Waals surface area contributed by atoms with Crippen LogP contribution < -0.4 is 10.2 Å². The van der Waals surface area contributed by atoms with Gasteiger partial charge in [-0.05, 0) is 31.0 Å². The van der Waals surface area contributed by atoms with Crippen molar-refractivity contribution >= 4 is 17.7 Å². The molecule has 7 nitrogen and oxygen atoms in total. The number of rotatable bonds is 4. The minimum atomic E-state index is -0.0454. The predicted octanol–water partition coefficient (Wildman–Crippen LogP) is 2.39. The summed E-state index contributed by atoms with van der Waals surface area (Å²) in [7, 11) is 0. The number of nitrogens with one attached hydrogen (secondary N) is 1. The smallest absolute Gasteiger partial charge is 0.289 e. The number of nitrogens with zero attached hydrogens (tertiary/aromatic N) is 4. The maximum absolute atomic E-state index is 12.3. The molecule has 1 amide bonds. The van der Waals surface area contributed by atoms with E-state index < -0.39 is 0 Å². The lowest BCUT2D eigenvalue weighted by Gasteiger charge is -2.35. The lowest BCUT2D eigenvalue weighted by molar-refractivity contribution is 0.0714. The topological polar surface area (TPSA) is 74.5 Å². The fourth-order valence-electron chi connectivity index (χ4n) is 3.54. The van der Waals surface area contributed by atoms with Crippen LogP contribution in [0.5, 0.6) is 0 Å². The predicted molar refractivity (Wildman–Crippen MR) is 94.7 cm³/mol. The molecule has 4 rings (SSSR count). The highest BCUT2D eigenvalue weighted by Crippen LogP contribution is 2.22. The van der Waals surface area contributed by atoms with Gasteiger partial charge in [-0.1, -0.05) is 12.8 Å². The van der Waals surface area contributed by atoms with Crippen LogP contribution in [-0.2, 0) is 0 Å². The lowest BCUT2D eigenvalue weighted by atomic mass is 10.2. The number of furan rings is 1. The van der Waals surface area contributed by atoms with Gasteiger partial charge in [0.2, 0.25) is 5.95 Å². The first-order chi connectivity index (χ1) is 12.3. The number of carbonyl (C=O) groups excluding carboxylic acids is 1. The van der Waals surface area contributed by atoms with Gasteiger partial charge in [-0.25, -0.2) is 4.98 Å². The first-order valence-corrected chi connectivity index (χ1v) is 8.97. The minimum absolute atomic E-state index is 0.0454. The Bertz CT molecular complexity index is 704. The van der Waals surface area contributed by atoms with E-state index in [0.29, 0.717) is 30.8 Å². The Morgan fingerprint density at radius 3 is 2.68 bits per heavy atom. The molecular weight excluding hydrogens is 318 g/mol. The summed E-state index contributed by atoms with van der Waals surface area (Å²) in [6.07, 6.45) is 8.29.